The Bertz CT molecular complexity index is 1050. The van der Waals surface area contributed by atoms with Crippen molar-refractivity contribution in [1.82, 2.24) is 9.55 Å². The lowest BCUT2D eigenvalue weighted by molar-refractivity contribution is 0.0927. The summed E-state index contributed by atoms with van der Waals surface area (Å²) in [7, 11) is 0. The van der Waals surface area contributed by atoms with Gasteiger partial charge in [-0.2, -0.15) is 0 Å². The van der Waals surface area contributed by atoms with Crippen LogP contribution in [0, 0.1) is 5.82 Å². The standard InChI is InChI=1S/C23H21FN2O2/c24-18-10-12-20(13-11-18)28-16-19(27)15-26-22-9-5-4-8-21(22)25-23(26)14-17-6-2-1-3-7-17/h1-13,19,27H,14-16H2/t19-/m0/s1. The molecule has 5 heteroatoms. The second kappa shape index (κ2) is 8.23. The highest BCUT2D eigenvalue weighted by Gasteiger charge is 2.15. The molecule has 0 saturated carbocycles. The van der Waals surface area contributed by atoms with Crippen LogP contribution < -0.4 is 4.74 Å². The summed E-state index contributed by atoms with van der Waals surface area (Å²) in [5.74, 6) is 1.11. The van der Waals surface area contributed by atoms with E-state index in [1.807, 2.05) is 47.0 Å². The van der Waals surface area contributed by atoms with Crippen LogP contribution in [0.5, 0.6) is 5.75 Å². The predicted octanol–water partition coefficient (Wildman–Crippen LogP) is 4.21. The number of nitrogens with zero attached hydrogens (tertiary/aromatic N) is 2. The van der Waals surface area contributed by atoms with Crippen LogP contribution >= 0.6 is 0 Å². The summed E-state index contributed by atoms with van der Waals surface area (Å²) in [5.41, 5.74) is 3.05. The molecule has 1 heterocycles. The van der Waals surface area contributed by atoms with Gasteiger partial charge in [0, 0.05) is 6.42 Å². The molecule has 0 radical (unpaired) electrons. The zero-order valence-corrected chi connectivity index (χ0v) is 15.3. The van der Waals surface area contributed by atoms with Crippen molar-refractivity contribution in [3.8, 4) is 5.75 Å². The number of imidazole rings is 1. The van der Waals surface area contributed by atoms with Crippen LogP contribution in [-0.4, -0.2) is 27.4 Å². The number of para-hydroxylation sites is 2. The summed E-state index contributed by atoms with van der Waals surface area (Å²) in [4.78, 5) is 4.76. The molecule has 1 aromatic heterocycles. The van der Waals surface area contributed by atoms with E-state index in [0.29, 0.717) is 18.7 Å². The van der Waals surface area contributed by atoms with E-state index in [-0.39, 0.29) is 12.4 Å². The van der Waals surface area contributed by atoms with E-state index in [2.05, 4.69) is 12.1 Å². The van der Waals surface area contributed by atoms with Crippen molar-refractivity contribution in [3.05, 3.63) is 96.1 Å². The van der Waals surface area contributed by atoms with Crippen molar-refractivity contribution >= 4 is 11.0 Å². The molecule has 0 amide bonds. The third-order valence-electron chi connectivity index (χ3n) is 4.59. The van der Waals surface area contributed by atoms with Gasteiger partial charge in [-0.3, -0.25) is 0 Å². The fourth-order valence-electron chi connectivity index (χ4n) is 3.23. The van der Waals surface area contributed by atoms with Crippen molar-refractivity contribution in [3.63, 3.8) is 0 Å². The Hall–Kier alpha value is -3.18. The molecule has 0 unspecified atom stereocenters. The first-order valence-corrected chi connectivity index (χ1v) is 9.23. The van der Waals surface area contributed by atoms with Crippen LogP contribution in [0.2, 0.25) is 0 Å². The number of rotatable bonds is 7. The molecule has 0 aliphatic heterocycles. The van der Waals surface area contributed by atoms with Crippen LogP contribution in [0.4, 0.5) is 4.39 Å². The average Bonchev–Trinajstić information content (AvgIpc) is 3.05. The van der Waals surface area contributed by atoms with E-state index in [9.17, 15) is 9.50 Å². The van der Waals surface area contributed by atoms with Gasteiger partial charge in [-0.05, 0) is 42.0 Å². The Morgan fingerprint density at radius 2 is 1.64 bits per heavy atom. The second-order valence-electron chi connectivity index (χ2n) is 6.71. The van der Waals surface area contributed by atoms with Crippen LogP contribution in [0.15, 0.2) is 78.9 Å². The van der Waals surface area contributed by atoms with E-state index in [1.54, 1.807) is 12.1 Å². The minimum atomic E-state index is -0.725. The van der Waals surface area contributed by atoms with Gasteiger partial charge in [-0.25, -0.2) is 9.37 Å². The molecule has 4 nitrogen and oxygen atoms in total. The number of fused-ring (bicyclic) bond motifs is 1. The van der Waals surface area contributed by atoms with Crippen molar-refractivity contribution in [2.45, 2.75) is 19.1 Å². The van der Waals surface area contributed by atoms with Gasteiger partial charge < -0.3 is 14.4 Å². The maximum atomic E-state index is 13.0. The van der Waals surface area contributed by atoms with Crippen LogP contribution in [0.3, 0.4) is 0 Å². The first-order valence-electron chi connectivity index (χ1n) is 9.23. The van der Waals surface area contributed by atoms with Crippen molar-refractivity contribution in [1.29, 1.82) is 0 Å². The van der Waals surface area contributed by atoms with E-state index in [1.165, 1.54) is 12.1 Å². The molecule has 0 bridgehead atoms. The van der Waals surface area contributed by atoms with Gasteiger partial charge in [0.2, 0.25) is 0 Å². The quantitative estimate of drug-likeness (QED) is 0.526. The number of ether oxygens (including phenoxy) is 1. The number of hydrogen-bond donors (Lipinski definition) is 1. The maximum absolute atomic E-state index is 13.0. The van der Waals surface area contributed by atoms with E-state index < -0.39 is 6.10 Å². The molecule has 28 heavy (non-hydrogen) atoms. The molecule has 0 aliphatic carbocycles. The highest BCUT2D eigenvalue weighted by Crippen LogP contribution is 2.19. The van der Waals surface area contributed by atoms with Gasteiger partial charge in [0.05, 0.1) is 17.6 Å². The Morgan fingerprint density at radius 3 is 2.43 bits per heavy atom. The molecule has 1 N–H and O–H groups in total. The van der Waals surface area contributed by atoms with Crippen LogP contribution in [-0.2, 0) is 13.0 Å². The van der Waals surface area contributed by atoms with Gasteiger partial charge in [0.25, 0.3) is 0 Å². The lowest BCUT2D eigenvalue weighted by Crippen LogP contribution is -2.24. The maximum Gasteiger partial charge on any atom is 0.123 e. The molecule has 3 aromatic carbocycles. The van der Waals surface area contributed by atoms with Crippen molar-refractivity contribution in [2.24, 2.45) is 0 Å². The Balaban J connectivity index is 1.52. The number of hydrogen-bond acceptors (Lipinski definition) is 3. The summed E-state index contributed by atoms with van der Waals surface area (Å²) in [6, 6.07) is 23.8. The largest absolute Gasteiger partial charge is 0.491 e. The normalized spacial score (nSPS) is 12.2. The zero-order valence-electron chi connectivity index (χ0n) is 15.3. The molecule has 4 aromatic rings. The second-order valence-corrected chi connectivity index (χ2v) is 6.71. The lowest BCUT2D eigenvalue weighted by Gasteiger charge is -2.16. The first-order chi connectivity index (χ1) is 13.7. The minimum absolute atomic E-state index is 0.114. The highest BCUT2D eigenvalue weighted by atomic mass is 19.1. The first kappa shape index (κ1) is 18.2. The predicted molar refractivity (Wildman–Crippen MR) is 107 cm³/mol. The topological polar surface area (TPSA) is 47.3 Å². The fourth-order valence-corrected chi connectivity index (χ4v) is 3.23. The Kier molecular flexibility index (Phi) is 5.35. The van der Waals surface area contributed by atoms with E-state index >= 15 is 0 Å². The van der Waals surface area contributed by atoms with Crippen LogP contribution in [0.25, 0.3) is 11.0 Å². The summed E-state index contributed by atoms with van der Waals surface area (Å²) in [6.45, 7) is 0.479. The Labute approximate surface area is 162 Å². The van der Waals surface area contributed by atoms with Gasteiger partial charge in [0.15, 0.2) is 0 Å². The number of aliphatic hydroxyl groups excluding tert-OH is 1. The SMILES string of the molecule is O[C@H](COc1ccc(F)cc1)Cn1c(Cc2ccccc2)nc2ccccc21. The zero-order chi connectivity index (χ0) is 19.3. The third kappa shape index (κ3) is 4.21. The van der Waals surface area contributed by atoms with Gasteiger partial charge >= 0.3 is 0 Å². The van der Waals surface area contributed by atoms with Crippen molar-refractivity contribution in [2.75, 3.05) is 6.61 Å². The molecule has 0 fully saturated rings. The fraction of sp³-hybridized carbons (Fsp3) is 0.174. The molecule has 142 valence electrons. The monoisotopic (exact) mass is 376 g/mol. The number of aliphatic hydroxyl groups is 1. The molecular weight excluding hydrogens is 355 g/mol. The highest BCUT2D eigenvalue weighted by molar-refractivity contribution is 5.76. The average molecular weight is 376 g/mol. The number of halogens is 1. The minimum Gasteiger partial charge on any atom is -0.491 e. The molecule has 0 aliphatic rings. The molecule has 1 atom stereocenters. The summed E-state index contributed by atoms with van der Waals surface area (Å²) >= 11 is 0. The third-order valence-corrected chi connectivity index (χ3v) is 4.59. The van der Waals surface area contributed by atoms with Crippen molar-refractivity contribution < 1.29 is 14.2 Å². The smallest absolute Gasteiger partial charge is 0.123 e. The summed E-state index contributed by atoms with van der Waals surface area (Å²) in [6.07, 6.45) is -0.0432. The lowest BCUT2D eigenvalue weighted by atomic mass is 10.1. The number of aromatic nitrogens is 2. The van der Waals surface area contributed by atoms with Gasteiger partial charge in [-0.1, -0.05) is 42.5 Å². The van der Waals surface area contributed by atoms with E-state index in [4.69, 9.17) is 9.72 Å². The van der Waals surface area contributed by atoms with Gasteiger partial charge in [0.1, 0.15) is 30.1 Å². The van der Waals surface area contributed by atoms with Gasteiger partial charge in [-0.15, -0.1) is 0 Å². The number of benzene rings is 3. The summed E-state index contributed by atoms with van der Waals surface area (Å²) in [5, 5.41) is 10.5. The summed E-state index contributed by atoms with van der Waals surface area (Å²) < 4.78 is 20.6. The molecular formula is C23H21FN2O2. The molecule has 4 rings (SSSR count). The molecule has 0 saturated heterocycles. The van der Waals surface area contributed by atoms with E-state index in [0.717, 1.165) is 22.4 Å². The molecule has 0 spiro atoms. The van der Waals surface area contributed by atoms with Crippen LogP contribution in [0.1, 0.15) is 11.4 Å². The Morgan fingerprint density at radius 1 is 0.929 bits per heavy atom.